The normalized spacial score (nSPS) is 12.9. The average molecular weight is 228 g/mol. The van der Waals surface area contributed by atoms with Crippen molar-refractivity contribution in [2.75, 3.05) is 0 Å². The molecule has 0 saturated carbocycles. The third-order valence-corrected chi connectivity index (χ3v) is 3.05. The van der Waals surface area contributed by atoms with Gasteiger partial charge in [-0.1, -0.05) is 43.5 Å². The Morgan fingerprint density at radius 2 is 2.20 bits per heavy atom. The highest BCUT2D eigenvalue weighted by Crippen LogP contribution is 2.18. The van der Waals surface area contributed by atoms with Gasteiger partial charge in [-0.25, -0.2) is 0 Å². The van der Waals surface area contributed by atoms with E-state index < -0.39 is 0 Å². The first-order valence-electron chi connectivity index (χ1n) is 5.61. The summed E-state index contributed by atoms with van der Waals surface area (Å²) in [6.07, 6.45) is 7.47. The van der Waals surface area contributed by atoms with Gasteiger partial charge in [0.1, 0.15) is 0 Å². The second-order valence-electron chi connectivity index (χ2n) is 3.75. The molecule has 1 aromatic heterocycles. The number of rotatable bonds is 8. The van der Waals surface area contributed by atoms with Crippen LogP contribution in [0.1, 0.15) is 57.2 Å². The number of unbranched alkanes of at least 4 members (excludes halogenated alkanes) is 4. The van der Waals surface area contributed by atoms with Crippen molar-refractivity contribution in [3.63, 3.8) is 0 Å². The third kappa shape index (κ3) is 4.68. The van der Waals surface area contributed by atoms with Crippen LogP contribution in [-0.2, 0) is 0 Å². The van der Waals surface area contributed by atoms with E-state index in [-0.39, 0.29) is 6.04 Å². The zero-order valence-corrected chi connectivity index (χ0v) is 10.1. The fourth-order valence-corrected chi connectivity index (χ4v) is 2.10. The van der Waals surface area contributed by atoms with Crippen molar-refractivity contribution < 1.29 is 0 Å². The molecule has 0 radical (unpaired) electrons. The van der Waals surface area contributed by atoms with Crippen LogP contribution in [-0.4, -0.2) is 9.59 Å². The predicted octanol–water partition coefficient (Wildman–Crippen LogP) is 2.40. The van der Waals surface area contributed by atoms with Gasteiger partial charge in [-0.05, 0) is 18.0 Å². The Morgan fingerprint density at radius 1 is 1.40 bits per heavy atom. The van der Waals surface area contributed by atoms with Crippen LogP contribution in [0.4, 0.5) is 0 Å². The summed E-state index contributed by atoms with van der Waals surface area (Å²) in [4.78, 5) is 0. The van der Waals surface area contributed by atoms with E-state index in [0.29, 0.717) is 0 Å². The lowest BCUT2D eigenvalue weighted by atomic mass is 10.1. The van der Waals surface area contributed by atoms with Crippen molar-refractivity contribution in [3.05, 3.63) is 11.1 Å². The lowest BCUT2D eigenvalue weighted by molar-refractivity contribution is 0.469. The van der Waals surface area contributed by atoms with Gasteiger partial charge >= 0.3 is 0 Å². The number of aromatic nitrogens is 2. The largest absolute Gasteiger partial charge is 0.271 e. The lowest BCUT2D eigenvalue weighted by Gasteiger charge is -2.12. The Kier molecular flexibility index (Phi) is 6.47. The third-order valence-electron chi connectivity index (χ3n) is 2.53. The van der Waals surface area contributed by atoms with Crippen molar-refractivity contribution in [1.82, 2.24) is 15.0 Å². The van der Waals surface area contributed by atoms with E-state index in [1.54, 1.807) is 0 Å². The van der Waals surface area contributed by atoms with Crippen molar-refractivity contribution in [3.8, 4) is 0 Å². The first kappa shape index (κ1) is 12.5. The molecule has 1 unspecified atom stereocenters. The SMILES string of the molecule is CCCCCCCC(NN)c1csnn1. The van der Waals surface area contributed by atoms with Crippen LogP contribution >= 0.6 is 11.5 Å². The molecular formula is C10H20N4S. The molecule has 1 atom stereocenters. The molecule has 1 rings (SSSR count). The molecular weight excluding hydrogens is 208 g/mol. The minimum atomic E-state index is 0.172. The second-order valence-corrected chi connectivity index (χ2v) is 4.36. The van der Waals surface area contributed by atoms with E-state index >= 15 is 0 Å². The van der Waals surface area contributed by atoms with Gasteiger partial charge in [0.25, 0.3) is 0 Å². The monoisotopic (exact) mass is 228 g/mol. The topological polar surface area (TPSA) is 63.8 Å². The fraction of sp³-hybridized carbons (Fsp3) is 0.800. The molecule has 0 amide bonds. The Labute approximate surface area is 95.4 Å². The summed E-state index contributed by atoms with van der Waals surface area (Å²) < 4.78 is 3.84. The van der Waals surface area contributed by atoms with Crippen molar-refractivity contribution >= 4 is 11.5 Å². The molecule has 0 saturated heterocycles. The van der Waals surface area contributed by atoms with Crippen LogP contribution in [0.5, 0.6) is 0 Å². The Hall–Kier alpha value is -0.520. The predicted molar refractivity (Wildman–Crippen MR) is 63.3 cm³/mol. The standard InChI is InChI=1S/C10H20N4S/c1-2-3-4-5-6-7-9(12-11)10-8-15-14-13-10/h8-9,12H,2-7,11H2,1H3. The molecule has 1 aromatic rings. The molecule has 0 fully saturated rings. The highest BCUT2D eigenvalue weighted by atomic mass is 32.1. The van der Waals surface area contributed by atoms with Crippen molar-refractivity contribution in [2.24, 2.45) is 5.84 Å². The van der Waals surface area contributed by atoms with E-state index in [1.807, 2.05) is 5.38 Å². The average Bonchev–Trinajstić information content (AvgIpc) is 2.77. The first-order valence-corrected chi connectivity index (χ1v) is 6.45. The van der Waals surface area contributed by atoms with Crippen LogP contribution in [0.3, 0.4) is 0 Å². The molecule has 4 nitrogen and oxygen atoms in total. The highest BCUT2D eigenvalue weighted by molar-refractivity contribution is 7.03. The van der Waals surface area contributed by atoms with E-state index in [0.717, 1.165) is 12.1 Å². The summed E-state index contributed by atoms with van der Waals surface area (Å²) in [5, 5.41) is 5.98. The molecule has 3 N–H and O–H groups in total. The van der Waals surface area contributed by atoms with E-state index in [9.17, 15) is 0 Å². The summed E-state index contributed by atoms with van der Waals surface area (Å²) >= 11 is 1.37. The lowest BCUT2D eigenvalue weighted by Crippen LogP contribution is -2.28. The zero-order chi connectivity index (χ0) is 10.9. The molecule has 0 aliphatic heterocycles. The van der Waals surface area contributed by atoms with Gasteiger partial charge in [-0.15, -0.1) is 5.10 Å². The number of hydrogen-bond acceptors (Lipinski definition) is 5. The first-order chi connectivity index (χ1) is 7.38. The van der Waals surface area contributed by atoms with Gasteiger partial charge < -0.3 is 0 Å². The molecule has 1 heterocycles. The van der Waals surface area contributed by atoms with E-state index in [4.69, 9.17) is 5.84 Å². The second kappa shape index (κ2) is 7.73. The number of nitrogens with two attached hydrogens (primary N) is 1. The molecule has 0 aliphatic rings. The van der Waals surface area contributed by atoms with Gasteiger partial charge in [0.05, 0.1) is 11.7 Å². The van der Waals surface area contributed by atoms with Gasteiger partial charge in [0.2, 0.25) is 0 Å². The van der Waals surface area contributed by atoms with Crippen LogP contribution in [0, 0.1) is 0 Å². The van der Waals surface area contributed by atoms with E-state index in [2.05, 4.69) is 21.9 Å². The van der Waals surface area contributed by atoms with Crippen molar-refractivity contribution in [2.45, 2.75) is 51.5 Å². The molecule has 0 aromatic carbocycles. The number of hydrazine groups is 1. The quantitative estimate of drug-likeness (QED) is 0.407. The zero-order valence-electron chi connectivity index (χ0n) is 9.28. The van der Waals surface area contributed by atoms with Gasteiger partial charge in [0, 0.05) is 5.38 Å². The summed E-state index contributed by atoms with van der Waals surface area (Å²) in [5.41, 5.74) is 3.77. The molecule has 86 valence electrons. The fourth-order valence-electron chi connectivity index (χ4n) is 1.59. The summed E-state index contributed by atoms with van der Waals surface area (Å²) in [5.74, 6) is 5.49. The van der Waals surface area contributed by atoms with Gasteiger partial charge in [0.15, 0.2) is 0 Å². The van der Waals surface area contributed by atoms with Gasteiger partial charge in [-0.2, -0.15) is 0 Å². The van der Waals surface area contributed by atoms with Gasteiger partial charge in [-0.3, -0.25) is 11.3 Å². The Bertz CT molecular complexity index is 238. The molecule has 5 heteroatoms. The number of hydrogen-bond donors (Lipinski definition) is 2. The van der Waals surface area contributed by atoms with E-state index in [1.165, 1.54) is 43.6 Å². The molecule has 0 spiro atoms. The molecule has 0 bridgehead atoms. The maximum atomic E-state index is 5.49. The number of nitrogens with zero attached hydrogens (tertiary/aromatic N) is 2. The number of nitrogens with one attached hydrogen (secondary N) is 1. The van der Waals surface area contributed by atoms with Crippen LogP contribution in [0.2, 0.25) is 0 Å². The Morgan fingerprint density at radius 3 is 2.80 bits per heavy atom. The summed E-state index contributed by atoms with van der Waals surface area (Å²) in [7, 11) is 0. The van der Waals surface area contributed by atoms with Crippen LogP contribution in [0.25, 0.3) is 0 Å². The minimum absolute atomic E-state index is 0.172. The molecule has 0 aliphatic carbocycles. The van der Waals surface area contributed by atoms with Crippen LogP contribution < -0.4 is 11.3 Å². The van der Waals surface area contributed by atoms with Crippen LogP contribution in [0.15, 0.2) is 5.38 Å². The minimum Gasteiger partial charge on any atom is -0.271 e. The Balaban J connectivity index is 2.18. The maximum Gasteiger partial charge on any atom is 0.0938 e. The highest BCUT2D eigenvalue weighted by Gasteiger charge is 2.11. The van der Waals surface area contributed by atoms with Crippen molar-refractivity contribution in [1.29, 1.82) is 0 Å². The summed E-state index contributed by atoms with van der Waals surface area (Å²) in [6, 6.07) is 0.172. The molecule has 15 heavy (non-hydrogen) atoms. The maximum absolute atomic E-state index is 5.49. The smallest absolute Gasteiger partial charge is 0.0938 e. The summed E-state index contributed by atoms with van der Waals surface area (Å²) in [6.45, 7) is 2.23.